The van der Waals surface area contributed by atoms with Crippen molar-refractivity contribution in [2.75, 3.05) is 25.4 Å². The molecule has 5 heteroatoms. The molecule has 0 amide bonds. The fraction of sp³-hybridized carbons (Fsp3) is 0.455. The molecule has 0 bridgehead atoms. The Hall–Kier alpha value is -1.38. The van der Waals surface area contributed by atoms with Crippen molar-refractivity contribution in [3.63, 3.8) is 0 Å². The van der Waals surface area contributed by atoms with Gasteiger partial charge in [0.15, 0.2) is 5.13 Å². The summed E-state index contributed by atoms with van der Waals surface area (Å²) in [5.74, 6) is 0. The number of nitrogens with two attached hydrogens (primary N) is 1. The van der Waals surface area contributed by atoms with Crippen LogP contribution in [0.25, 0.3) is 5.57 Å². The van der Waals surface area contributed by atoms with E-state index in [1.165, 1.54) is 11.3 Å². The zero-order chi connectivity index (χ0) is 11.5. The lowest BCUT2D eigenvalue weighted by Gasteiger charge is -2.25. The highest BCUT2D eigenvalue weighted by Crippen LogP contribution is 2.28. The van der Waals surface area contributed by atoms with Crippen LogP contribution in [0, 0.1) is 11.3 Å². The smallest absolute Gasteiger partial charge is 0.181 e. The first-order chi connectivity index (χ1) is 7.74. The predicted molar refractivity (Wildman–Crippen MR) is 65.9 cm³/mol. The third-order valence-electron chi connectivity index (χ3n) is 2.73. The second-order valence-corrected chi connectivity index (χ2v) is 4.76. The molecule has 16 heavy (non-hydrogen) atoms. The molecule has 0 radical (unpaired) electrons. The van der Waals surface area contributed by atoms with E-state index in [4.69, 9.17) is 11.0 Å². The van der Waals surface area contributed by atoms with Gasteiger partial charge < -0.3 is 5.73 Å². The average Bonchev–Trinajstić information content (AvgIpc) is 2.70. The number of nitrogen functional groups attached to an aromatic ring is 1. The van der Waals surface area contributed by atoms with Crippen LogP contribution in [0.3, 0.4) is 0 Å². The summed E-state index contributed by atoms with van der Waals surface area (Å²) in [6.45, 7) is 5.12. The number of anilines is 1. The molecule has 1 aromatic rings. The monoisotopic (exact) mass is 234 g/mol. The lowest BCUT2D eigenvalue weighted by molar-refractivity contribution is 0.321. The second kappa shape index (κ2) is 4.64. The number of nitriles is 1. The highest BCUT2D eigenvalue weighted by molar-refractivity contribution is 7.16. The highest BCUT2D eigenvalue weighted by Gasteiger charge is 2.18. The van der Waals surface area contributed by atoms with Crippen molar-refractivity contribution >= 4 is 22.0 Å². The first kappa shape index (κ1) is 11.1. The minimum absolute atomic E-state index is 0.473. The first-order valence-corrected chi connectivity index (χ1v) is 6.14. The van der Waals surface area contributed by atoms with Crippen LogP contribution in [0.15, 0.2) is 6.08 Å². The fourth-order valence-corrected chi connectivity index (χ4v) is 2.54. The van der Waals surface area contributed by atoms with Crippen molar-refractivity contribution in [3.05, 3.63) is 16.6 Å². The van der Waals surface area contributed by atoms with Crippen LogP contribution in [0.1, 0.15) is 23.9 Å². The number of aromatic nitrogens is 1. The first-order valence-electron chi connectivity index (χ1n) is 5.32. The Morgan fingerprint density at radius 2 is 2.50 bits per heavy atom. The minimum atomic E-state index is 0.473. The molecule has 84 valence electrons. The number of likely N-dealkylation sites (N-methyl/N-ethyl adjacent to an activating group) is 1. The standard InChI is InChI=1S/C11H14N4S/c1-2-15-5-3-4-8(7-15)10-9(6-12)16-11(13)14-10/h4H,2-3,5,7H2,1H3,(H2,13,14). The zero-order valence-corrected chi connectivity index (χ0v) is 10.0. The van der Waals surface area contributed by atoms with Gasteiger partial charge in [-0.15, -0.1) is 0 Å². The van der Waals surface area contributed by atoms with E-state index >= 15 is 0 Å². The summed E-state index contributed by atoms with van der Waals surface area (Å²) in [5.41, 5.74) is 7.56. The van der Waals surface area contributed by atoms with Gasteiger partial charge in [0.05, 0.1) is 5.69 Å². The van der Waals surface area contributed by atoms with Crippen LogP contribution < -0.4 is 5.73 Å². The second-order valence-electron chi connectivity index (χ2n) is 3.73. The Labute approximate surface area is 99.0 Å². The molecule has 0 unspecified atom stereocenters. The molecule has 1 aliphatic heterocycles. The normalized spacial score (nSPS) is 16.9. The highest BCUT2D eigenvalue weighted by atomic mass is 32.1. The average molecular weight is 234 g/mol. The number of rotatable bonds is 2. The molecule has 2 rings (SSSR count). The lowest BCUT2D eigenvalue weighted by atomic mass is 10.1. The molecule has 4 nitrogen and oxygen atoms in total. The third kappa shape index (κ3) is 2.08. The van der Waals surface area contributed by atoms with Crippen LogP contribution in [0.2, 0.25) is 0 Å². The minimum Gasteiger partial charge on any atom is -0.375 e. The molecule has 1 aliphatic rings. The van der Waals surface area contributed by atoms with Gasteiger partial charge in [-0.25, -0.2) is 4.98 Å². The summed E-state index contributed by atoms with van der Waals surface area (Å²) in [6, 6.07) is 2.16. The molecule has 0 aromatic carbocycles. The number of nitrogens with zero attached hydrogens (tertiary/aromatic N) is 3. The molecule has 0 atom stereocenters. The van der Waals surface area contributed by atoms with E-state index in [9.17, 15) is 0 Å². The van der Waals surface area contributed by atoms with Gasteiger partial charge >= 0.3 is 0 Å². The molecule has 0 spiro atoms. The van der Waals surface area contributed by atoms with Gasteiger partial charge in [-0.2, -0.15) is 5.26 Å². The maximum Gasteiger partial charge on any atom is 0.181 e. The molecule has 0 fully saturated rings. The SMILES string of the molecule is CCN1CCC=C(c2nc(N)sc2C#N)C1. The maximum absolute atomic E-state index is 9.01. The van der Waals surface area contributed by atoms with Crippen molar-refractivity contribution in [1.82, 2.24) is 9.88 Å². The van der Waals surface area contributed by atoms with E-state index in [0.29, 0.717) is 10.0 Å². The van der Waals surface area contributed by atoms with Gasteiger partial charge in [-0.3, -0.25) is 4.90 Å². The van der Waals surface area contributed by atoms with Crippen molar-refractivity contribution in [3.8, 4) is 6.07 Å². The molecule has 0 saturated carbocycles. The number of hydrogen-bond donors (Lipinski definition) is 1. The van der Waals surface area contributed by atoms with Crippen LogP contribution in [-0.2, 0) is 0 Å². The zero-order valence-electron chi connectivity index (χ0n) is 9.23. The van der Waals surface area contributed by atoms with Crippen LogP contribution in [-0.4, -0.2) is 29.5 Å². The quantitative estimate of drug-likeness (QED) is 0.846. The topological polar surface area (TPSA) is 65.9 Å². The molecular weight excluding hydrogens is 220 g/mol. The lowest BCUT2D eigenvalue weighted by Crippen LogP contribution is -2.29. The molecule has 0 saturated heterocycles. The number of hydrogen-bond acceptors (Lipinski definition) is 5. The van der Waals surface area contributed by atoms with Crippen LogP contribution in [0.5, 0.6) is 0 Å². The summed E-state index contributed by atoms with van der Waals surface area (Å²) in [5, 5.41) is 9.48. The summed E-state index contributed by atoms with van der Waals surface area (Å²) in [6.07, 6.45) is 3.19. The Morgan fingerprint density at radius 1 is 1.69 bits per heavy atom. The Morgan fingerprint density at radius 3 is 3.19 bits per heavy atom. The van der Waals surface area contributed by atoms with Crippen LogP contribution in [0.4, 0.5) is 5.13 Å². The Balaban J connectivity index is 2.30. The largest absolute Gasteiger partial charge is 0.375 e. The van der Waals surface area contributed by atoms with Gasteiger partial charge in [0.25, 0.3) is 0 Å². The molecular formula is C11H14N4S. The van der Waals surface area contributed by atoms with E-state index in [2.05, 4.69) is 29.0 Å². The third-order valence-corrected chi connectivity index (χ3v) is 3.52. The number of thiazole rings is 1. The summed E-state index contributed by atoms with van der Waals surface area (Å²) in [7, 11) is 0. The molecule has 2 N–H and O–H groups in total. The van der Waals surface area contributed by atoms with Gasteiger partial charge in [-0.05, 0) is 18.5 Å². The van der Waals surface area contributed by atoms with Gasteiger partial charge in [0.2, 0.25) is 0 Å². The van der Waals surface area contributed by atoms with Crippen LogP contribution >= 0.6 is 11.3 Å². The summed E-state index contributed by atoms with van der Waals surface area (Å²) < 4.78 is 0. The van der Waals surface area contributed by atoms with E-state index in [-0.39, 0.29) is 0 Å². The van der Waals surface area contributed by atoms with E-state index < -0.39 is 0 Å². The van der Waals surface area contributed by atoms with E-state index in [1.54, 1.807) is 0 Å². The predicted octanol–water partition coefficient (Wildman–Crippen LogP) is 1.71. The van der Waals surface area contributed by atoms with Crippen molar-refractivity contribution in [2.45, 2.75) is 13.3 Å². The maximum atomic E-state index is 9.01. The fourth-order valence-electron chi connectivity index (χ4n) is 1.88. The van der Waals surface area contributed by atoms with E-state index in [1.807, 2.05) is 0 Å². The molecule has 0 aliphatic carbocycles. The van der Waals surface area contributed by atoms with Gasteiger partial charge in [0.1, 0.15) is 10.9 Å². The molecule has 1 aromatic heterocycles. The van der Waals surface area contributed by atoms with Crippen molar-refractivity contribution < 1.29 is 0 Å². The summed E-state index contributed by atoms with van der Waals surface area (Å²) in [4.78, 5) is 7.22. The molecule has 2 heterocycles. The van der Waals surface area contributed by atoms with E-state index in [0.717, 1.165) is 37.3 Å². The summed E-state index contributed by atoms with van der Waals surface area (Å²) >= 11 is 1.26. The Kier molecular flexibility index (Phi) is 3.22. The Bertz CT molecular complexity index is 455. The van der Waals surface area contributed by atoms with Crippen molar-refractivity contribution in [2.24, 2.45) is 0 Å². The van der Waals surface area contributed by atoms with Gasteiger partial charge in [0, 0.05) is 13.1 Å². The van der Waals surface area contributed by atoms with Gasteiger partial charge in [-0.1, -0.05) is 24.3 Å². The van der Waals surface area contributed by atoms with Crippen molar-refractivity contribution in [1.29, 1.82) is 5.26 Å².